The normalized spacial score (nSPS) is 19.8. The largest absolute Gasteiger partial charge is 0.355 e. The second-order valence-corrected chi connectivity index (χ2v) is 5.37. The van der Waals surface area contributed by atoms with Crippen LogP contribution in [0.2, 0.25) is 0 Å². The van der Waals surface area contributed by atoms with Crippen molar-refractivity contribution in [2.75, 3.05) is 38.6 Å². The first kappa shape index (κ1) is 13.3. The molecule has 100 valence electrons. The summed E-state index contributed by atoms with van der Waals surface area (Å²) in [5.41, 5.74) is 8.08. The summed E-state index contributed by atoms with van der Waals surface area (Å²) in [5.74, 6) is 1.14. The Kier molecular flexibility index (Phi) is 4.19. The van der Waals surface area contributed by atoms with Crippen molar-refractivity contribution in [3.8, 4) is 0 Å². The zero-order chi connectivity index (χ0) is 13.1. The number of hydrogen-bond acceptors (Lipinski definition) is 4. The van der Waals surface area contributed by atoms with Gasteiger partial charge in [0.25, 0.3) is 0 Å². The number of pyridine rings is 1. The summed E-state index contributed by atoms with van der Waals surface area (Å²) in [4.78, 5) is 9.32. The van der Waals surface area contributed by atoms with E-state index in [4.69, 9.17) is 5.73 Å². The molecule has 1 aliphatic heterocycles. The molecule has 0 saturated carbocycles. The number of anilines is 1. The number of likely N-dealkylation sites (N-methyl/N-ethyl adjacent to an activating group) is 1. The van der Waals surface area contributed by atoms with Crippen molar-refractivity contribution in [2.45, 2.75) is 25.8 Å². The maximum absolute atomic E-state index is 5.58. The van der Waals surface area contributed by atoms with Crippen LogP contribution in [0, 0.1) is 6.92 Å². The van der Waals surface area contributed by atoms with Crippen LogP contribution in [-0.2, 0) is 6.42 Å². The van der Waals surface area contributed by atoms with Gasteiger partial charge in [-0.1, -0.05) is 6.07 Å². The molecule has 1 aliphatic rings. The van der Waals surface area contributed by atoms with E-state index in [9.17, 15) is 0 Å². The van der Waals surface area contributed by atoms with Crippen LogP contribution >= 0.6 is 0 Å². The molecule has 2 heterocycles. The van der Waals surface area contributed by atoms with Crippen molar-refractivity contribution in [1.29, 1.82) is 0 Å². The molecular formula is C14H24N4. The maximum atomic E-state index is 5.58. The van der Waals surface area contributed by atoms with Crippen LogP contribution in [0.3, 0.4) is 0 Å². The topological polar surface area (TPSA) is 45.4 Å². The predicted octanol–water partition coefficient (Wildman–Crippen LogP) is 1.03. The van der Waals surface area contributed by atoms with E-state index in [-0.39, 0.29) is 0 Å². The minimum atomic E-state index is 0.648. The van der Waals surface area contributed by atoms with Gasteiger partial charge in [0, 0.05) is 25.3 Å². The van der Waals surface area contributed by atoms with Gasteiger partial charge in [0.05, 0.1) is 0 Å². The van der Waals surface area contributed by atoms with E-state index in [0.717, 1.165) is 25.3 Å². The molecule has 1 atom stereocenters. The summed E-state index contributed by atoms with van der Waals surface area (Å²) >= 11 is 0. The first-order chi connectivity index (χ1) is 8.61. The number of aromatic nitrogens is 1. The zero-order valence-corrected chi connectivity index (χ0v) is 11.7. The Morgan fingerprint density at radius 1 is 1.50 bits per heavy atom. The Hall–Kier alpha value is -1.13. The van der Waals surface area contributed by atoms with Gasteiger partial charge >= 0.3 is 0 Å². The zero-order valence-electron chi connectivity index (χ0n) is 11.7. The van der Waals surface area contributed by atoms with Crippen LogP contribution in [0.1, 0.15) is 17.5 Å². The first-order valence-electron chi connectivity index (χ1n) is 6.68. The van der Waals surface area contributed by atoms with E-state index < -0.39 is 0 Å². The standard InChI is InChI=1S/C14H24N4/c1-11-8-12(4-6-15)9-16-14(11)18-7-5-13(10-18)17(2)3/h8-9,13H,4-7,10,15H2,1-3H3. The molecule has 1 fully saturated rings. The molecule has 1 aromatic heterocycles. The van der Waals surface area contributed by atoms with E-state index in [1.165, 1.54) is 17.5 Å². The summed E-state index contributed by atoms with van der Waals surface area (Å²) in [5, 5.41) is 0. The highest BCUT2D eigenvalue weighted by atomic mass is 15.3. The van der Waals surface area contributed by atoms with Crippen molar-refractivity contribution in [3.63, 3.8) is 0 Å². The summed E-state index contributed by atoms with van der Waals surface area (Å²) in [6.07, 6.45) is 4.10. The predicted molar refractivity (Wildman–Crippen MR) is 76.0 cm³/mol. The van der Waals surface area contributed by atoms with Gasteiger partial charge in [0.2, 0.25) is 0 Å². The van der Waals surface area contributed by atoms with Crippen molar-refractivity contribution >= 4 is 5.82 Å². The molecular weight excluding hydrogens is 224 g/mol. The molecule has 1 saturated heterocycles. The molecule has 2 rings (SSSR count). The minimum Gasteiger partial charge on any atom is -0.355 e. The molecule has 4 heteroatoms. The Morgan fingerprint density at radius 2 is 2.28 bits per heavy atom. The van der Waals surface area contributed by atoms with Gasteiger partial charge in [0.1, 0.15) is 5.82 Å². The van der Waals surface area contributed by atoms with Crippen LogP contribution in [0.25, 0.3) is 0 Å². The van der Waals surface area contributed by atoms with Gasteiger partial charge in [0.15, 0.2) is 0 Å². The lowest BCUT2D eigenvalue weighted by molar-refractivity contribution is 0.315. The third-order valence-corrected chi connectivity index (χ3v) is 3.73. The average Bonchev–Trinajstić information content (AvgIpc) is 2.79. The molecule has 0 radical (unpaired) electrons. The van der Waals surface area contributed by atoms with E-state index in [1.54, 1.807) is 0 Å². The van der Waals surface area contributed by atoms with Gasteiger partial charge in [-0.25, -0.2) is 4.98 Å². The molecule has 1 unspecified atom stereocenters. The highest BCUT2D eigenvalue weighted by Crippen LogP contribution is 2.24. The second-order valence-electron chi connectivity index (χ2n) is 5.37. The number of nitrogens with zero attached hydrogens (tertiary/aromatic N) is 3. The molecule has 0 aliphatic carbocycles. The van der Waals surface area contributed by atoms with Gasteiger partial charge in [-0.2, -0.15) is 0 Å². The van der Waals surface area contributed by atoms with Crippen LogP contribution < -0.4 is 10.6 Å². The molecule has 2 N–H and O–H groups in total. The van der Waals surface area contributed by atoms with E-state index in [1.807, 2.05) is 6.20 Å². The van der Waals surface area contributed by atoms with Crippen molar-refractivity contribution in [2.24, 2.45) is 5.73 Å². The van der Waals surface area contributed by atoms with Gasteiger partial charge in [-0.3, -0.25) is 0 Å². The third kappa shape index (κ3) is 2.82. The Balaban J connectivity index is 2.10. The van der Waals surface area contributed by atoms with E-state index >= 15 is 0 Å². The molecule has 4 nitrogen and oxygen atoms in total. The van der Waals surface area contributed by atoms with Crippen LogP contribution in [-0.4, -0.2) is 49.7 Å². The highest BCUT2D eigenvalue weighted by Gasteiger charge is 2.25. The van der Waals surface area contributed by atoms with Crippen molar-refractivity contribution < 1.29 is 0 Å². The number of aryl methyl sites for hydroxylation is 1. The Morgan fingerprint density at radius 3 is 2.83 bits per heavy atom. The SMILES string of the molecule is Cc1cc(CCN)cnc1N1CCC(N(C)C)C1. The fourth-order valence-corrected chi connectivity index (χ4v) is 2.62. The number of rotatable bonds is 4. The van der Waals surface area contributed by atoms with Gasteiger partial charge in [-0.05, 0) is 51.5 Å². The van der Waals surface area contributed by atoms with E-state index in [2.05, 4.69) is 41.9 Å². The quantitative estimate of drug-likeness (QED) is 0.864. The average molecular weight is 248 g/mol. The van der Waals surface area contributed by atoms with Crippen LogP contribution in [0.4, 0.5) is 5.82 Å². The summed E-state index contributed by atoms with van der Waals surface area (Å²) < 4.78 is 0. The lowest BCUT2D eigenvalue weighted by Crippen LogP contribution is -2.32. The summed E-state index contributed by atoms with van der Waals surface area (Å²) in [6.45, 7) is 5.02. The number of nitrogens with two attached hydrogens (primary N) is 1. The number of hydrogen-bond donors (Lipinski definition) is 1. The molecule has 0 amide bonds. The lowest BCUT2D eigenvalue weighted by atomic mass is 10.1. The Labute approximate surface area is 110 Å². The molecule has 0 spiro atoms. The second kappa shape index (κ2) is 5.67. The summed E-state index contributed by atoms with van der Waals surface area (Å²) in [6, 6.07) is 2.87. The first-order valence-corrected chi connectivity index (χ1v) is 6.68. The van der Waals surface area contributed by atoms with Crippen LogP contribution in [0.15, 0.2) is 12.3 Å². The fraction of sp³-hybridized carbons (Fsp3) is 0.643. The molecule has 0 bridgehead atoms. The lowest BCUT2D eigenvalue weighted by Gasteiger charge is -2.22. The summed E-state index contributed by atoms with van der Waals surface area (Å²) in [7, 11) is 4.30. The van der Waals surface area contributed by atoms with Gasteiger partial charge < -0.3 is 15.5 Å². The maximum Gasteiger partial charge on any atom is 0.131 e. The molecule has 18 heavy (non-hydrogen) atoms. The molecule has 0 aromatic carbocycles. The van der Waals surface area contributed by atoms with Gasteiger partial charge in [-0.15, -0.1) is 0 Å². The van der Waals surface area contributed by atoms with E-state index in [0.29, 0.717) is 12.6 Å². The molecule has 1 aromatic rings. The van der Waals surface area contributed by atoms with Crippen molar-refractivity contribution in [1.82, 2.24) is 9.88 Å². The van der Waals surface area contributed by atoms with Crippen LogP contribution in [0.5, 0.6) is 0 Å². The Bertz CT molecular complexity index is 403. The highest BCUT2D eigenvalue weighted by molar-refractivity contribution is 5.48. The monoisotopic (exact) mass is 248 g/mol. The third-order valence-electron chi connectivity index (χ3n) is 3.73. The smallest absolute Gasteiger partial charge is 0.131 e. The fourth-order valence-electron chi connectivity index (χ4n) is 2.62. The minimum absolute atomic E-state index is 0.648. The van der Waals surface area contributed by atoms with Crippen molar-refractivity contribution in [3.05, 3.63) is 23.4 Å².